The summed E-state index contributed by atoms with van der Waals surface area (Å²) in [5.74, 6) is -71.4. The summed E-state index contributed by atoms with van der Waals surface area (Å²) in [6.45, 7) is 11.2. The van der Waals surface area contributed by atoms with Crippen molar-refractivity contribution in [2.75, 3.05) is 19.6 Å². The molecule has 4 rings (SSSR count). The highest BCUT2D eigenvalue weighted by molar-refractivity contribution is 7.20. The Labute approximate surface area is 354 Å². The first kappa shape index (κ1) is 53.8. The molecular formula is C42H40BF20N. The first-order chi connectivity index (χ1) is 30.0. The number of unbranched alkanes of at least 4 members (excludes halogenated alkanes) is 9. The lowest BCUT2D eigenvalue weighted by Crippen LogP contribution is -3.12. The van der Waals surface area contributed by atoms with Gasteiger partial charge in [-0.3, -0.25) is 0 Å². The standard InChI is InChI=1S/C24BF20.C18H39N/c26-5-1(6(27)14(35)21(42)13(5)34)25(2-7(28)15(36)22(43)16(37)8(2)29,3-9(30)17(38)23(44)18(39)10(3)31)4-11(32)19(40)24(45)20(41)12(4)33;1-4-7-10-11-12-13-14-15-18-19(16-8-5-2)17-9-6-3/h;4-18H2,1-3H3/q-1;/p+1. The Morgan fingerprint density at radius 2 is 0.406 bits per heavy atom. The molecule has 4 aromatic rings. The molecule has 0 aliphatic rings. The van der Waals surface area contributed by atoms with Crippen molar-refractivity contribution < 1.29 is 92.7 Å². The molecule has 0 aromatic heterocycles. The number of rotatable bonds is 19. The number of hydrogen-bond acceptors (Lipinski definition) is 0. The van der Waals surface area contributed by atoms with Crippen molar-refractivity contribution in [3.05, 3.63) is 116 Å². The quantitative estimate of drug-likeness (QED) is 0.0314. The summed E-state index contributed by atoms with van der Waals surface area (Å²) in [5, 5.41) is 0. The van der Waals surface area contributed by atoms with Gasteiger partial charge < -0.3 is 4.90 Å². The van der Waals surface area contributed by atoms with Crippen LogP contribution in [-0.4, -0.2) is 25.8 Å². The van der Waals surface area contributed by atoms with Crippen LogP contribution in [0.5, 0.6) is 0 Å². The average molecular weight is 950 g/mol. The maximum atomic E-state index is 15.4. The lowest BCUT2D eigenvalue weighted by Gasteiger charge is -2.44. The van der Waals surface area contributed by atoms with Crippen molar-refractivity contribution in [3.8, 4) is 0 Å². The van der Waals surface area contributed by atoms with Crippen molar-refractivity contribution in [2.45, 2.75) is 97.8 Å². The number of nitrogens with one attached hydrogen (secondary N) is 1. The third kappa shape index (κ3) is 10.3. The molecule has 0 fully saturated rings. The van der Waals surface area contributed by atoms with E-state index in [1.165, 1.54) is 96.7 Å². The van der Waals surface area contributed by atoms with E-state index in [1.807, 2.05) is 4.90 Å². The molecule has 1 N–H and O–H groups in total. The topological polar surface area (TPSA) is 4.44 Å². The van der Waals surface area contributed by atoms with Gasteiger partial charge in [0, 0.05) is 0 Å². The van der Waals surface area contributed by atoms with Crippen LogP contribution in [0.4, 0.5) is 87.8 Å². The Kier molecular flexibility index (Phi) is 19.4. The van der Waals surface area contributed by atoms with Crippen LogP contribution in [0, 0.1) is 116 Å². The van der Waals surface area contributed by atoms with E-state index < -0.39 is 144 Å². The van der Waals surface area contributed by atoms with Crippen LogP contribution in [0.25, 0.3) is 0 Å². The van der Waals surface area contributed by atoms with Gasteiger partial charge in [0.2, 0.25) is 0 Å². The van der Waals surface area contributed by atoms with Gasteiger partial charge in [-0.1, -0.05) is 72.1 Å². The minimum Gasteiger partial charge on any atom is -0.335 e. The summed E-state index contributed by atoms with van der Waals surface area (Å²) in [4.78, 5) is 1.87. The van der Waals surface area contributed by atoms with Crippen LogP contribution in [0.15, 0.2) is 0 Å². The molecule has 0 unspecified atom stereocenters. The first-order valence-corrected chi connectivity index (χ1v) is 20.1. The van der Waals surface area contributed by atoms with Gasteiger partial charge in [0.1, 0.15) is 52.7 Å². The van der Waals surface area contributed by atoms with Crippen molar-refractivity contribution in [1.29, 1.82) is 0 Å². The zero-order valence-corrected chi connectivity index (χ0v) is 34.2. The Hall–Kier alpha value is -4.50. The monoisotopic (exact) mass is 949 g/mol. The zero-order chi connectivity index (χ0) is 48.5. The van der Waals surface area contributed by atoms with Crippen molar-refractivity contribution in [2.24, 2.45) is 0 Å². The molecule has 0 atom stereocenters. The second-order valence-corrected chi connectivity index (χ2v) is 15.0. The summed E-state index contributed by atoms with van der Waals surface area (Å²) in [6.07, 6.45) is 9.91. The van der Waals surface area contributed by atoms with E-state index in [0.29, 0.717) is 0 Å². The lowest BCUT2D eigenvalue weighted by molar-refractivity contribution is -0.900. The number of hydrogen-bond donors (Lipinski definition) is 1. The summed E-state index contributed by atoms with van der Waals surface area (Å²) in [7, 11) is 0. The first-order valence-electron chi connectivity index (χ1n) is 20.1. The molecule has 4 aromatic carbocycles. The fraction of sp³-hybridized carbons (Fsp3) is 0.429. The maximum absolute atomic E-state index is 15.4. The van der Waals surface area contributed by atoms with Crippen LogP contribution in [0.3, 0.4) is 0 Å². The SMILES string of the molecule is CCCCCCCCCC[NH+](CCCC)CCCC.Fc1c(F)c(F)c([B-](c2c(F)c(F)c(F)c(F)c2F)(c2c(F)c(F)c(F)c(F)c2F)c2c(F)c(F)c(F)c(F)c2F)c(F)c1F. The molecule has 1 nitrogen and oxygen atoms in total. The van der Waals surface area contributed by atoms with E-state index in [9.17, 15) is 52.7 Å². The highest BCUT2D eigenvalue weighted by Crippen LogP contribution is 2.30. The van der Waals surface area contributed by atoms with E-state index in [-0.39, 0.29) is 0 Å². The molecule has 0 heterocycles. The Balaban J connectivity index is 0.000000483. The molecule has 0 aliphatic carbocycles. The fourth-order valence-corrected chi connectivity index (χ4v) is 7.61. The molecule has 0 amide bonds. The second-order valence-electron chi connectivity index (χ2n) is 15.0. The third-order valence-electron chi connectivity index (χ3n) is 10.9. The Morgan fingerprint density at radius 1 is 0.234 bits per heavy atom. The molecule has 22 heteroatoms. The van der Waals surface area contributed by atoms with E-state index >= 15 is 35.1 Å². The largest absolute Gasteiger partial charge is 0.335 e. The molecule has 0 aliphatic heterocycles. The molecule has 0 radical (unpaired) electrons. The molecule has 0 saturated heterocycles. The Bertz CT molecular complexity index is 1890. The minimum absolute atomic E-state index is 1.35. The summed E-state index contributed by atoms with van der Waals surface area (Å²) >= 11 is 0. The van der Waals surface area contributed by atoms with Gasteiger partial charge in [-0.2, -0.15) is 0 Å². The molecular weight excluding hydrogens is 909 g/mol. The van der Waals surface area contributed by atoms with Crippen LogP contribution in [-0.2, 0) is 0 Å². The molecule has 356 valence electrons. The van der Waals surface area contributed by atoms with Crippen LogP contribution < -0.4 is 26.8 Å². The van der Waals surface area contributed by atoms with Crippen LogP contribution >= 0.6 is 0 Å². The number of halogens is 20. The fourth-order valence-electron chi connectivity index (χ4n) is 7.61. The van der Waals surface area contributed by atoms with Gasteiger partial charge in [-0.05, 0) is 25.7 Å². The average Bonchev–Trinajstić information content (AvgIpc) is 3.27. The van der Waals surface area contributed by atoms with Gasteiger partial charge in [-0.15, -0.1) is 21.9 Å². The predicted octanol–water partition coefficient (Wildman–Crippen LogP) is 10.5. The van der Waals surface area contributed by atoms with Gasteiger partial charge in [0.15, 0.2) is 69.8 Å². The normalized spacial score (nSPS) is 11.8. The van der Waals surface area contributed by atoms with Gasteiger partial charge >= 0.3 is 0 Å². The third-order valence-corrected chi connectivity index (χ3v) is 10.9. The maximum Gasteiger partial charge on any atom is 0.200 e. The van der Waals surface area contributed by atoms with E-state index in [0.717, 1.165) is 0 Å². The van der Waals surface area contributed by atoms with Crippen LogP contribution in [0.1, 0.15) is 97.8 Å². The summed E-state index contributed by atoms with van der Waals surface area (Å²) < 4.78 is 294. The van der Waals surface area contributed by atoms with E-state index in [2.05, 4.69) is 20.8 Å². The smallest absolute Gasteiger partial charge is 0.200 e. The number of quaternary nitrogens is 1. The summed E-state index contributed by atoms with van der Waals surface area (Å²) in [5.41, 5.74) is -14.3. The highest BCUT2D eigenvalue weighted by Gasteiger charge is 2.52. The zero-order valence-electron chi connectivity index (χ0n) is 34.2. The minimum atomic E-state index is -7.22. The van der Waals surface area contributed by atoms with Crippen molar-refractivity contribution in [3.63, 3.8) is 0 Å². The van der Waals surface area contributed by atoms with E-state index in [4.69, 9.17) is 0 Å². The van der Waals surface area contributed by atoms with Gasteiger partial charge in [-0.25, -0.2) is 87.8 Å². The second kappa shape index (κ2) is 23.1. The predicted molar refractivity (Wildman–Crippen MR) is 197 cm³/mol. The molecule has 0 saturated carbocycles. The van der Waals surface area contributed by atoms with E-state index in [1.54, 1.807) is 0 Å². The van der Waals surface area contributed by atoms with Gasteiger partial charge in [0.05, 0.1) is 19.6 Å². The van der Waals surface area contributed by atoms with Crippen LogP contribution in [0.2, 0.25) is 0 Å². The molecule has 64 heavy (non-hydrogen) atoms. The number of benzene rings is 4. The molecule has 0 bridgehead atoms. The van der Waals surface area contributed by atoms with Crippen molar-refractivity contribution in [1.82, 2.24) is 0 Å². The Morgan fingerprint density at radius 3 is 0.625 bits per heavy atom. The molecule has 0 spiro atoms. The lowest BCUT2D eigenvalue weighted by atomic mass is 9.12. The highest BCUT2D eigenvalue weighted by atomic mass is 19.2. The van der Waals surface area contributed by atoms with Crippen molar-refractivity contribution >= 4 is 28.0 Å². The summed E-state index contributed by atoms with van der Waals surface area (Å²) in [6, 6.07) is 0. The van der Waals surface area contributed by atoms with Gasteiger partial charge in [0.25, 0.3) is 0 Å².